The molecular formula is C15H19N2O3+. The molecule has 0 spiro atoms. The SMILES string of the molecule is COCCn1cc[n+](CCCOC(=O)C2=C=CC=C2)c1. The largest absolute Gasteiger partial charge is 0.461 e. The van der Waals surface area contributed by atoms with Crippen molar-refractivity contribution in [1.29, 1.82) is 0 Å². The lowest BCUT2D eigenvalue weighted by molar-refractivity contribution is -0.697. The van der Waals surface area contributed by atoms with Gasteiger partial charge in [0, 0.05) is 13.5 Å². The molecule has 0 unspecified atom stereocenters. The van der Waals surface area contributed by atoms with Crippen LogP contribution >= 0.6 is 0 Å². The number of aryl methyl sites for hydroxylation is 1. The van der Waals surface area contributed by atoms with Crippen molar-refractivity contribution in [1.82, 2.24) is 4.57 Å². The van der Waals surface area contributed by atoms with Gasteiger partial charge in [-0.1, -0.05) is 6.08 Å². The van der Waals surface area contributed by atoms with Gasteiger partial charge in [-0.15, -0.1) is 5.73 Å². The van der Waals surface area contributed by atoms with Crippen molar-refractivity contribution in [3.8, 4) is 0 Å². The molecule has 0 N–H and O–H groups in total. The Morgan fingerprint density at radius 1 is 1.45 bits per heavy atom. The Bertz CT molecular complexity index is 551. The van der Waals surface area contributed by atoms with Gasteiger partial charge in [0.25, 0.3) is 0 Å². The first-order valence-electron chi connectivity index (χ1n) is 6.64. The number of carbonyl (C=O) groups excluding carboxylic acids is 1. The minimum absolute atomic E-state index is 0.308. The van der Waals surface area contributed by atoms with Crippen LogP contribution in [0.2, 0.25) is 0 Å². The number of methoxy groups -OCH3 is 1. The van der Waals surface area contributed by atoms with Crippen molar-refractivity contribution in [2.75, 3.05) is 20.3 Å². The van der Waals surface area contributed by atoms with Crippen LogP contribution in [0, 0.1) is 0 Å². The summed E-state index contributed by atoms with van der Waals surface area (Å²) in [7, 11) is 1.69. The van der Waals surface area contributed by atoms with Crippen LogP contribution in [0.4, 0.5) is 0 Å². The van der Waals surface area contributed by atoms with E-state index in [9.17, 15) is 4.79 Å². The summed E-state index contributed by atoms with van der Waals surface area (Å²) >= 11 is 0. The van der Waals surface area contributed by atoms with Gasteiger partial charge < -0.3 is 9.47 Å². The summed E-state index contributed by atoms with van der Waals surface area (Å²) in [6.45, 7) is 2.76. The summed E-state index contributed by atoms with van der Waals surface area (Å²) < 4.78 is 14.3. The third-order valence-electron chi connectivity index (χ3n) is 2.91. The summed E-state index contributed by atoms with van der Waals surface area (Å²) in [5.74, 6) is -0.308. The average molecular weight is 275 g/mol. The molecule has 0 aliphatic heterocycles. The number of nitrogens with zero attached hydrogens (tertiary/aromatic N) is 2. The number of hydrogen-bond acceptors (Lipinski definition) is 3. The second-order valence-electron chi connectivity index (χ2n) is 4.46. The number of aromatic nitrogens is 2. The Morgan fingerprint density at radius 3 is 3.10 bits per heavy atom. The number of esters is 1. The molecule has 0 saturated carbocycles. The van der Waals surface area contributed by atoms with E-state index in [0.29, 0.717) is 18.8 Å². The molecule has 5 heteroatoms. The van der Waals surface area contributed by atoms with Crippen LogP contribution in [0.3, 0.4) is 0 Å². The zero-order valence-electron chi connectivity index (χ0n) is 11.6. The number of imidazole rings is 1. The van der Waals surface area contributed by atoms with Gasteiger partial charge >= 0.3 is 5.97 Å². The number of allylic oxidation sites excluding steroid dienone is 1. The maximum atomic E-state index is 11.6. The van der Waals surface area contributed by atoms with Gasteiger partial charge in [0.1, 0.15) is 24.5 Å². The fourth-order valence-electron chi connectivity index (χ4n) is 1.85. The monoisotopic (exact) mass is 275 g/mol. The highest BCUT2D eigenvalue weighted by molar-refractivity contribution is 5.92. The van der Waals surface area contributed by atoms with Crippen molar-refractivity contribution in [2.45, 2.75) is 19.5 Å². The molecule has 0 radical (unpaired) electrons. The average Bonchev–Trinajstić information content (AvgIpc) is 3.12. The van der Waals surface area contributed by atoms with Gasteiger partial charge in [-0.25, -0.2) is 13.9 Å². The van der Waals surface area contributed by atoms with Gasteiger partial charge in [-0.05, 0) is 12.2 Å². The molecule has 5 nitrogen and oxygen atoms in total. The summed E-state index contributed by atoms with van der Waals surface area (Å²) in [5, 5.41) is 0. The minimum atomic E-state index is -0.308. The molecule has 2 rings (SSSR count). The number of rotatable bonds is 8. The van der Waals surface area contributed by atoms with E-state index in [1.54, 1.807) is 25.3 Å². The molecule has 106 valence electrons. The molecule has 0 aromatic carbocycles. The van der Waals surface area contributed by atoms with Crippen molar-refractivity contribution < 1.29 is 18.8 Å². The summed E-state index contributed by atoms with van der Waals surface area (Å²) in [5.41, 5.74) is 3.31. The Hall–Kier alpha value is -2.10. The van der Waals surface area contributed by atoms with Crippen molar-refractivity contribution in [2.24, 2.45) is 0 Å². The van der Waals surface area contributed by atoms with E-state index in [0.717, 1.165) is 19.5 Å². The fourth-order valence-corrected chi connectivity index (χ4v) is 1.85. The van der Waals surface area contributed by atoms with Gasteiger partial charge in [0.05, 0.1) is 19.8 Å². The maximum absolute atomic E-state index is 11.6. The molecule has 0 amide bonds. The molecule has 1 aromatic heterocycles. The fraction of sp³-hybridized carbons (Fsp3) is 0.400. The molecule has 0 bridgehead atoms. The lowest BCUT2D eigenvalue weighted by atomic mass is 10.3. The summed E-state index contributed by atoms with van der Waals surface area (Å²) in [4.78, 5) is 11.6. The van der Waals surface area contributed by atoms with Crippen LogP contribution in [0.25, 0.3) is 0 Å². The molecule has 0 atom stereocenters. The molecule has 20 heavy (non-hydrogen) atoms. The number of ether oxygens (including phenoxy) is 2. The standard InChI is InChI=1S/C15H19N2O3/c1-19-12-10-17-9-8-16(13-17)7-4-11-20-15(18)14-5-2-3-6-14/h2-3,5,8-9,13H,4,7,10-12H2,1H3/q+1. The zero-order valence-corrected chi connectivity index (χ0v) is 11.6. The molecule has 0 saturated heterocycles. The highest BCUT2D eigenvalue weighted by atomic mass is 16.5. The summed E-state index contributed by atoms with van der Waals surface area (Å²) in [6, 6.07) is 0. The molecule has 1 aliphatic carbocycles. The highest BCUT2D eigenvalue weighted by Crippen LogP contribution is 2.04. The maximum Gasteiger partial charge on any atom is 0.346 e. The Labute approximate surface area is 118 Å². The van der Waals surface area contributed by atoms with Crippen LogP contribution in [0.1, 0.15) is 6.42 Å². The molecule has 0 fully saturated rings. The lowest BCUT2D eigenvalue weighted by Crippen LogP contribution is -2.32. The van der Waals surface area contributed by atoms with E-state index < -0.39 is 0 Å². The van der Waals surface area contributed by atoms with Gasteiger partial charge in [-0.2, -0.15) is 0 Å². The van der Waals surface area contributed by atoms with Crippen LogP contribution < -0.4 is 4.57 Å². The van der Waals surface area contributed by atoms with Crippen LogP contribution in [0.5, 0.6) is 0 Å². The molecule has 1 aromatic rings. The number of hydrogen-bond donors (Lipinski definition) is 0. The first kappa shape index (κ1) is 14.3. The smallest absolute Gasteiger partial charge is 0.346 e. The van der Waals surface area contributed by atoms with E-state index in [2.05, 4.69) is 14.9 Å². The molecule has 1 heterocycles. The van der Waals surface area contributed by atoms with E-state index in [1.165, 1.54) is 0 Å². The summed E-state index contributed by atoms with van der Waals surface area (Å²) in [6.07, 6.45) is 12.0. The van der Waals surface area contributed by atoms with E-state index >= 15 is 0 Å². The third kappa shape index (κ3) is 4.23. The van der Waals surface area contributed by atoms with E-state index in [-0.39, 0.29) is 5.97 Å². The van der Waals surface area contributed by atoms with Crippen LogP contribution in [-0.4, -0.2) is 30.9 Å². The van der Waals surface area contributed by atoms with Crippen LogP contribution in [-0.2, 0) is 27.4 Å². The van der Waals surface area contributed by atoms with Crippen molar-refractivity contribution in [3.63, 3.8) is 0 Å². The predicted octanol–water partition coefficient (Wildman–Crippen LogP) is 1.01. The normalized spacial score (nSPS) is 12.8. The Morgan fingerprint density at radius 2 is 2.35 bits per heavy atom. The topological polar surface area (TPSA) is 44.3 Å². The number of carbonyl (C=O) groups is 1. The first-order valence-corrected chi connectivity index (χ1v) is 6.64. The van der Waals surface area contributed by atoms with Crippen LogP contribution in [0.15, 0.2) is 48.3 Å². The predicted molar refractivity (Wildman–Crippen MR) is 72.8 cm³/mol. The molecular weight excluding hydrogens is 256 g/mol. The second kappa shape index (κ2) is 7.48. The van der Waals surface area contributed by atoms with Crippen molar-refractivity contribution in [3.05, 3.63) is 48.3 Å². The van der Waals surface area contributed by atoms with Gasteiger partial charge in [0.15, 0.2) is 0 Å². The van der Waals surface area contributed by atoms with E-state index in [1.807, 2.05) is 18.7 Å². The minimum Gasteiger partial charge on any atom is -0.461 e. The zero-order chi connectivity index (χ0) is 14.2. The second-order valence-corrected chi connectivity index (χ2v) is 4.46. The molecule has 1 aliphatic rings. The Balaban J connectivity index is 1.65. The van der Waals surface area contributed by atoms with Gasteiger partial charge in [-0.3, -0.25) is 0 Å². The van der Waals surface area contributed by atoms with Gasteiger partial charge in [0.2, 0.25) is 6.33 Å². The highest BCUT2D eigenvalue weighted by Gasteiger charge is 2.09. The third-order valence-corrected chi connectivity index (χ3v) is 2.91. The quantitative estimate of drug-likeness (QED) is 0.308. The Kier molecular flexibility index (Phi) is 5.35. The lowest BCUT2D eigenvalue weighted by Gasteiger charge is -2.02. The first-order chi connectivity index (χ1) is 9.79. The van der Waals surface area contributed by atoms with E-state index in [4.69, 9.17) is 9.47 Å². The van der Waals surface area contributed by atoms with Crippen molar-refractivity contribution >= 4 is 5.97 Å².